The first-order valence-corrected chi connectivity index (χ1v) is 7.75. The fourth-order valence-electron chi connectivity index (χ4n) is 2.50. The van der Waals surface area contributed by atoms with Gasteiger partial charge >= 0.3 is 0 Å². The Labute approximate surface area is 131 Å². The lowest BCUT2D eigenvalue weighted by molar-refractivity contribution is -0.384. The fourth-order valence-corrected chi connectivity index (χ4v) is 2.93. The third-order valence-corrected chi connectivity index (χ3v) is 4.47. The van der Waals surface area contributed by atoms with Crippen LogP contribution in [0.1, 0.15) is 23.7 Å². The highest BCUT2D eigenvalue weighted by molar-refractivity contribution is 9.10. The quantitative estimate of drug-likeness (QED) is 0.650. The van der Waals surface area contributed by atoms with Crippen molar-refractivity contribution >= 4 is 27.5 Å². The number of nitrogens with one attached hydrogen (secondary N) is 1. The first-order chi connectivity index (χ1) is 10.0. The van der Waals surface area contributed by atoms with Gasteiger partial charge in [-0.05, 0) is 47.4 Å². The Morgan fingerprint density at radius 1 is 1.57 bits per heavy atom. The molecule has 0 spiro atoms. The predicted octanol–water partition coefficient (Wildman–Crippen LogP) is 2.43. The Morgan fingerprint density at radius 3 is 2.95 bits per heavy atom. The summed E-state index contributed by atoms with van der Waals surface area (Å²) < 4.78 is 0.562. The third kappa shape index (κ3) is 4.01. The van der Waals surface area contributed by atoms with Gasteiger partial charge < -0.3 is 10.2 Å². The highest BCUT2D eigenvalue weighted by Gasteiger charge is 2.22. The van der Waals surface area contributed by atoms with E-state index in [2.05, 4.69) is 33.1 Å². The van der Waals surface area contributed by atoms with Gasteiger partial charge in [0.05, 0.1) is 10.5 Å². The molecule has 0 saturated carbocycles. The Hall–Kier alpha value is -1.47. The number of rotatable bonds is 5. The molecule has 1 aliphatic rings. The highest BCUT2D eigenvalue weighted by Crippen LogP contribution is 2.22. The van der Waals surface area contributed by atoms with Gasteiger partial charge in [-0.25, -0.2) is 0 Å². The standard InChI is InChI=1S/C14H18BrN3O3/c1-2-17-6-5-10(9-17)8-16-14(19)12-7-11(18(20)21)3-4-13(12)15/h3-4,7,10H,2,5-6,8-9H2,1H3,(H,16,19). The smallest absolute Gasteiger partial charge is 0.270 e. The monoisotopic (exact) mass is 355 g/mol. The molecule has 0 radical (unpaired) electrons. The molecular weight excluding hydrogens is 338 g/mol. The number of benzene rings is 1. The summed E-state index contributed by atoms with van der Waals surface area (Å²) in [6.45, 7) is 5.82. The van der Waals surface area contributed by atoms with Gasteiger partial charge in [-0.3, -0.25) is 14.9 Å². The van der Waals surface area contributed by atoms with Gasteiger partial charge in [0.1, 0.15) is 0 Å². The number of halogens is 1. The SMILES string of the molecule is CCN1CCC(CNC(=O)c2cc([N+](=O)[O-])ccc2Br)C1. The maximum Gasteiger partial charge on any atom is 0.270 e. The minimum Gasteiger partial charge on any atom is -0.352 e. The van der Waals surface area contributed by atoms with E-state index in [4.69, 9.17) is 0 Å². The second-order valence-electron chi connectivity index (χ2n) is 5.18. The van der Waals surface area contributed by atoms with E-state index in [1.807, 2.05) is 0 Å². The first kappa shape index (κ1) is 15.9. The van der Waals surface area contributed by atoms with Crippen LogP contribution in [-0.4, -0.2) is 41.9 Å². The average Bonchev–Trinajstić information content (AvgIpc) is 2.93. The largest absolute Gasteiger partial charge is 0.352 e. The van der Waals surface area contributed by atoms with Crippen LogP contribution >= 0.6 is 15.9 Å². The molecule has 1 atom stereocenters. The van der Waals surface area contributed by atoms with Gasteiger partial charge in [-0.2, -0.15) is 0 Å². The second-order valence-corrected chi connectivity index (χ2v) is 6.03. The van der Waals surface area contributed by atoms with Crippen LogP contribution in [0.25, 0.3) is 0 Å². The summed E-state index contributed by atoms with van der Waals surface area (Å²) in [5.41, 5.74) is 0.218. The third-order valence-electron chi connectivity index (χ3n) is 3.77. The van der Waals surface area contributed by atoms with E-state index in [-0.39, 0.29) is 11.6 Å². The van der Waals surface area contributed by atoms with Crippen molar-refractivity contribution in [1.29, 1.82) is 0 Å². The number of hydrogen-bond donors (Lipinski definition) is 1. The van der Waals surface area contributed by atoms with Crippen molar-refractivity contribution in [3.05, 3.63) is 38.3 Å². The molecule has 1 unspecified atom stereocenters. The summed E-state index contributed by atoms with van der Waals surface area (Å²) in [7, 11) is 0. The van der Waals surface area contributed by atoms with E-state index in [0.717, 1.165) is 26.1 Å². The lowest BCUT2D eigenvalue weighted by Crippen LogP contribution is -2.31. The number of non-ortho nitro benzene ring substituents is 1. The van der Waals surface area contributed by atoms with Gasteiger partial charge in [0.25, 0.3) is 11.6 Å². The van der Waals surface area contributed by atoms with Gasteiger partial charge in [0.2, 0.25) is 0 Å². The molecule has 1 aromatic rings. The zero-order valence-electron chi connectivity index (χ0n) is 11.8. The topological polar surface area (TPSA) is 75.5 Å². The van der Waals surface area contributed by atoms with Crippen LogP contribution in [0.15, 0.2) is 22.7 Å². The molecule has 114 valence electrons. The molecule has 6 nitrogen and oxygen atoms in total. The molecule has 2 rings (SSSR count). The molecule has 1 saturated heterocycles. The van der Waals surface area contributed by atoms with Crippen molar-refractivity contribution in [1.82, 2.24) is 10.2 Å². The van der Waals surface area contributed by atoms with Crippen LogP contribution in [0.4, 0.5) is 5.69 Å². The molecule has 1 aliphatic heterocycles. The van der Waals surface area contributed by atoms with Gasteiger partial charge in [-0.15, -0.1) is 0 Å². The number of carbonyl (C=O) groups is 1. The normalized spacial score (nSPS) is 18.7. The summed E-state index contributed by atoms with van der Waals surface area (Å²) in [6.07, 6.45) is 1.07. The number of hydrogen-bond acceptors (Lipinski definition) is 4. The van der Waals surface area contributed by atoms with Crippen LogP contribution in [0.2, 0.25) is 0 Å². The predicted molar refractivity (Wildman–Crippen MR) is 83.4 cm³/mol. The molecule has 0 bridgehead atoms. The van der Waals surface area contributed by atoms with Gasteiger partial charge in [0.15, 0.2) is 0 Å². The first-order valence-electron chi connectivity index (χ1n) is 6.95. The Bertz CT molecular complexity index is 550. The van der Waals surface area contributed by atoms with Crippen LogP contribution in [0.3, 0.4) is 0 Å². The van der Waals surface area contributed by atoms with Crippen molar-refractivity contribution in [2.45, 2.75) is 13.3 Å². The number of nitrogens with zero attached hydrogens (tertiary/aromatic N) is 2. The van der Waals surface area contributed by atoms with Crippen molar-refractivity contribution in [2.75, 3.05) is 26.2 Å². The molecule has 1 N–H and O–H groups in total. The zero-order chi connectivity index (χ0) is 15.4. The molecular formula is C14H18BrN3O3. The average molecular weight is 356 g/mol. The maximum absolute atomic E-state index is 12.2. The van der Waals surface area contributed by atoms with E-state index in [9.17, 15) is 14.9 Å². The van der Waals surface area contributed by atoms with Gasteiger partial charge in [0, 0.05) is 29.7 Å². The van der Waals surface area contributed by atoms with Crippen molar-refractivity contribution in [3.8, 4) is 0 Å². The Balaban J connectivity index is 1.97. The second kappa shape index (κ2) is 7.00. The summed E-state index contributed by atoms with van der Waals surface area (Å²) in [6, 6.07) is 4.20. The lowest BCUT2D eigenvalue weighted by atomic mass is 10.1. The van der Waals surface area contributed by atoms with Crippen LogP contribution in [0, 0.1) is 16.0 Å². The molecule has 21 heavy (non-hydrogen) atoms. The summed E-state index contributed by atoms with van der Waals surface area (Å²) in [4.78, 5) is 24.8. The number of nitro groups is 1. The van der Waals surface area contributed by atoms with Crippen LogP contribution in [0.5, 0.6) is 0 Å². The van der Waals surface area contributed by atoms with Crippen molar-refractivity contribution in [2.24, 2.45) is 5.92 Å². The summed E-state index contributed by atoms with van der Waals surface area (Å²) in [5.74, 6) is 0.173. The molecule has 1 amide bonds. The van der Waals surface area contributed by atoms with Crippen molar-refractivity contribution < 1.29 is 9.72 Å². The van der Waals surface area contributed by atoms with E-state index in [1.54, 1.807) is 0 Å². The van der Waals surface area contributed by atoms with Crippen molar-refractivity contribution in [3.63, 3.8) is 0 Å². The Morgan fingerprint density at radius 2 is 2.33 bits per heavy atom. The van der Waals surface area contributed by atoms with Crippen LogP contribution < -0.4 is 5.32 Å². The molecule has 1 heterocycles. The lowest BCUT2D eigenvalue weighted by Gasteiger charge is -2.14. The molecule has 0 aromatic heterocycles. The number of nitro benzene ring substituents is 1. The van der Waals surface area contributed by atoms with E-state index >= 15 is 0 Å². The minimum absolute atomic E-state index is 0.0821. The van der Waals surface area contributed by atoms with E-state index in [0.29, 0.717) is 22.5 Å². The number of carbonyl (C=O) groups excluding carboxylic acids is 1. The maximum atomic E-state index is 12.2. The molecule has 7 heteroatoms. The van der Waals surface area contributed by atoms with Gasteiger partial charge in [-0.1, -0.05) is 6.92 Å². The fraction of sp³-hybridized carbons (Fsp3) is 0.500. The molecule has 0 aliphatic carbocycles. The van der Waals surface area contributed by atoms with E-state index in [1.165, 1.54) is 18.2 Å². The number of likely N-dealkylation sites (tertiary alicyclic amines) is 1. The van der Waals surface area contributed by atoms with Crippen LogP contribution in [-0.2, 0) is 0 Å². The molecule has 1 aromatic carbocycles. The summed E-state index contributed by atoms with van der Waals surface area (Å²) >= 11 is 3.26. The Kier molecular flexibility index (Phi) is 5.30. The van der Waals surface area contributed by atoms with E-state index < -0.39 is 4.92 Å². The zero-order valence-corrected chi connectivity index (χ0v) is 13.4. The molecule has 1 fully saturated rings. The summed E-state index contributed by atoms with van der Waals surface area (Å²) in [5, 5.41) is 13.7. The minimum atomic E-state index is -0.501. The highest BCUT2D eigenvalue weighted by atomic mass is 79.9. The number of amides is 1.